The van der Waals surface area contributed by atoms with Gasteiger partial charge in [0.25, 0.3) is 0 Å². The molecule has 0 N–H and O–H groups in total. The molecule has 0 bridgehead atoms. The highest BCUT2D eigenvalue weighted by atomic mass is 31.2. The van der Waals surface area contributed by atoms with Crippen molar-refractivity contribution in [2.45, 2.75) is 0 Å². The van der Waals surface area contributed by atoms with E-state index < -0.39 is 7.14 Å². The van der Waals surface area contributed by atoms with Crippen molar-refractivity contribution in [2.75, 3.05) is 0 Å². The molecule has 5 aromatic carbocycles. The van der Waals surface area contributed by atoms with Crippen LogP contribution in [0, 0.1) is 0 Å². The van der Waals surface area contributed by atoms with E-state index in [1.165, 1.54) is 10.8 Å². The maximum absolute atomic E-state index is 14.6. The first-order chi connectivity index (χ1) is 14.7. The Labute approximate surface area is 177 Å². The molecule has 1 nitrogen and oxygen atoms in total. The van der Waals surface area contributed by atoms with Crippen LogP contribution >= 0.6 is 7.14 Å². The predicted molar refractivity (Wildman–Crippen MR) is 129 cm³/mol. The second-order valence-corrected chi connectivity index (χ2v) is 10.2. The maximum atomic E-state index is 14.6. The highest BCUT2D eigenvalue weighted by Crippen LogP contribution is 2.43. The lowest BCUT2D eigenvalue weighted by atomic mass is 10.0. The highest BCUT2D eigenvalue weighted by Gasteiger charge is 2.29. The fourth-order valence-corrected chi connectivity index (χ4v) is 6.67. The van der Waals surface area contributed by atoms with E-state index in [0.717, 1.165) is 27.0 Å². The third kappa shape index (κ3) is 3.28. The number of hydrogen-bond donors (Lipinski definition) is 0. The quantitative estimate of drug-likeness (QED) is 0.329. The summed E-state index contributed by atoms with van der Waals surface area (Å²) in [5, 5.41) is 4.98. The Morgan fingerprint density at radius 1 is 0.400 bits per heavy atom. The molecule has 0 fully saturated rings. The van der Waals surface area contributed by atoms with Gasteiger partial charge in [-0.3, -0.25) is 0 Å². The minimum Gasteiger partial charge on any atom is -0.309 e. The van der Waals surface area contributed by atoms with E-state index in [1.807, 2.05) is 72.8 Å². The van der Waals surface area contributed by atoms with Crippen LogP contribution in [0.1, 0.15) is 0 Å². The molecule has 5 rings (SSSR count). The number of hydrogen-bond acceptors (Lipinski definition) is 1. The van der Waals surface area contributed by atoms with E-state index >= 15 is 0 Å². The molecule has 2 heteroatoms. The van der Waals surface area contributed by atoms with Gasteiger partial charge in [-0.15, -0.1) is 0 Å². The monoisotopic (exact) mass is 404 g/mol. The fraction of sp³-hybridized carbons (Fsp3) is 0. The van der Waals surface area contributed by atoms with Crippen molar-refractivity contribution in [3.63, 3.8) is 0 Å². The first kappa shape index (κ1) is 18.6. The van der Waals surface area contributed by atoms with Gasteiger partial charge >= 0.3 is 0 Å². The summed E-state index contributed by atoms with van der Waals surface area (Å²) in [5.41, 5.74) is 2.20. The third-order valence-corrected chi connectivity index (χ3v) is 8.59. The second kappa shape index (κ2) is 7.78. The summed E-state index contributed by atoms with van der Waals surface area (Å²) in [4.78, 5) is 0. The molecule has 0 saturated heterocycles. The summed E-state index contributed by atoms with van der Waals surface area (Å²) in [6.07, 6.45) is 0. The summed E-state index contributed by atoms with van der Waals surface area (Å²) in [7, 11) is -2.97. The average Bonchev–Trinajstić information content (AvgIpc) is 2.84. The van der Waals surface area contributed by atoms with Gasteiger partial charge in [0.15, 0.2) is 7.14 Å². The van der Waals surface area contributed by atoms with Crippen LogP contribution in [0.15, 0.2) is 127 Å². The van der Waals surface area contributed by atoms with Crippen molar-refractivity contribution in [3.05, 3.63) is 127 Å². The molecule has 0 atom stereocenters. The van der Waals surface area contributed by atoms with Crippen LogP contribution in [0.25, 0.3) is 21.9 Å². The van der Waals surface area contributed by atoms with Crippen LogP contribution in [-0.2, 0) is 4.57 Å². The zero-order chi connectivity index (χ0) is 20.4. The molecule has 0 aliphatic rings. The summed E-state index contributed by atoms with van der Waals surface area (Å²) in [6, 6.07) is 42.6. The molecule has 0 aromatic heterocycles. The Balaban J connectivity index is 1.69. The minimum atomic E-state index is -2.97. The molecule has 0 saturated carbocycles. The molecule has 0 aliphatic carbocycles. The van der Waals surface area contributed by atoms with Crippen molar-refractivity contribution in [3.8, 4) is 11.1 Å². The van der Waals surface area contributed by atoms with Crippen LogP contribution < -0.4 is 15.9 Å². The summed E-state index contributed by atoms with van der Waals surface area (Å²) >= 11 is 0. The summed E-state index contributed by atoms with van der Waals surface area (Å²) < 4.78 is 14.6. The molecule has 0 unspecified atom stereocenters. The molecule has 144 valence electrons. The molecule has 0 radical (unpaired) electrons. The van der Waals surface area contributed by atoms with Gasteiger partial charge in [0, 0.05) is 15.9 Å². The van der Waals surface area contributed by atoms with Crippen molar-refractivity contribution < 1.29 is 4.57 Å². The van der Waals surface area contributed by atoms with Crippen LogP contribution in [-0.4, -0.2) is 0 Å². The first-order valence-electron chi connectivity index (χ1n) is 10.1. The highest BCUT2D eigenvalue weighted by molar-refractivity contribution is 7.85. The Morgan fingerprint density at radius 3 is 1.60 bits per heavy atom. The van der Waals surface area contributed by atoms with Gasteiger partial charge in [-0.1, -0.05) is 115 Å². The maximum Gasteiger partial charge on any atom is 0.171 e. The van der Waals surface area contributed by atoms with Crippen molar-refractivity contribution in [2.24, 2.45) is 0 Å². The lowest BCUT2D eigenvalue weighted by Gasteiger charge is -2.20. The van der Waals surface area contributed by atoms with Crippen molar-refractivity contribution in [1.82, 2.24) is 0 Å². The van der Waals surface area contributed by atoms with E-state index in [0.29, 0.717) is 0 Å². The van der Waals surface area contributed by atoms with E-state index in [1.54, 1.807) is 0 Å². The number of benzene rings is 5. The molecule has 0 spiro atoms. The Morgan fingerprint density at radius 2 is 0.933 bits per heavy atom. The average molecular weight is 404 g/mol. The normalized spacial score (nSPS) is 11.5. The lowest BCUT2D eigenvalue weighted by Crippen LogP contribution is -2.25. The molecular weight excluding hydrogens is 383 g/mol. The zero-order valence-corrected chi connectivity index (χ0v) is 17.4. The lowest BCUT2D eigenvalue weighted by molar-refractivity contribution is 0.592. The van der Waals surface area contributed by atoms with Gasteiger partial charge in [0.1, 0.15) is 0 Å². The summed E-state index contributed by atoms with van der Waals surface area (Å²) in [5.74, 6) is 0. The minimum absolute atomic E-state index is 0.852. The van der Waals surface area contributed by atoms with E-state index in [9.17, 15) is 4.57 Å². The number of rotatable bonds is 4. The topological polar surface area (TPSA) is 17.1 Å². The van der Waals surface area contributed by atoms with Gasteiger partial charge in [-0.25, -0.2) is 0 Å². The Hall–Kier alpha value is -3.41. The van der Waals surface area contributed by atoms with Gasteiger partial charge in [-0.2, -0.15) is 0 Å². The molecule has 30 heavy (non-hydrogen) atoms. The summed E-state index contributed by atoms with van der Waals surface area (Å²) in [6.45, 7) is 0. The Bertz CT molecular complexity index is 1310. The molecule has 0 aliphatic heterocycles. The van der Waals surface area contributed by atoms with Crippen LogP contribution in [0.3, 0.4) is 0 Å². The van der Waals surface area contributed by atoms with Crippen molar-refractivity contribution in [1.29, 1.82) is 0 Å². The number of fused-ring (bicyclic) bond motifs is 1. The van der Waals surface area contributed by atoms with Crippen LogP contribution in [0.4, 0.5) is 0 Å². The van der Waals surface area contributed by atoms with E-state index in [4.69, 9.17) is 0 Å². The standard InChI is InChI=1S/C28H21OP/c29-30(26-13-3-1-4-14-26,27-15-5-2-6-16-27)28-17-9-12-24(21-28)25-19-18-22-10-7-8-11-23(22)20-25/h1-21H. The Kier molecular flexibility index (Phi) is 4.83. The molecular formula is C28H21OP. The smallest absolute Gasteiger partial charge is 0.171 e. The van der Waals surface area contributed by atoms with Gasteiger partial charge < -0.3 is 4.57 Å². The van der Waals surface area contributed by atoms with Crippen molar-refractivity contribution >= 4 is 33.8 Å². The third-order valence-electron chi connectivity index (χ3n) is 5.53. The van der Waals surface area contributed by atoms with E-state index in [2.05, 4.69) is 54.6 Å². The van der Waals surface area contributed by atoms with Gasteiger partial charge in [-0.05, 0) is 34.0 Å². The first-order valence-corrected chi connectivity index (χ1v) is 11.8. The largest absolute Gasteiger partial charge is 0.309 e. The van der Waals surface area contributed by atoms with Gasteiger partial charge in [0.05, 0.1) is 0 Å². The van der Waals surface area contributed by atoms with E-state index in [-0.39, 0.29) is 0 Å². The predicted octanol–water partition coefficient (Wildman–Crippen LogP) is 6.15. The fourth-order valence-electron chi connectivity index (χ4n) is 3.97. The molecule has 0 heterocycles. The van der Waals surface area contributed by atoms with Crippen LogP contribution in [0.5, 0.6) is 0 Å². The van der Waals surface area contributed by atoms with Crippen LogP contribution in [0.2, 0.25) is 0 Å². The SMILES string of the molecule is O=P(c1ccccc1)(c1ccccc1)c1cccc(-c2ccc3ccccc3c2)c1. The molecule has 0 amide bonds. The molecule has 5 aromatic rings. The zero-order valence-electron chi connectivity index (χ0n) is 16.5. The second-order valence-electron chi connectivity index (χ2n) is 7.39. The van der Waals surface area contributed by atoms with Gasteiger partial charge in [0.2, 0.25) is 0 Å².